The van der Waals surface area contributed by atoms with E-state index in [9.17, 15) is 9.59 Å². The topological polar surface area (TPSA) is 70.6 Å². The number of hydrogen-bond acceptors (Lipinski definition) is 3. The Labute approximate surface area is 140 Å². The number of rotatable bonds is 3. The Hall–Kier alpha value is -2.18. The van der Waals surface area contributed by atoms with Crippen LogP contribution < -0.4 is 10.7 Å². The van der Waals surface area contributed by atoms with Crippen molar-refractivity contribution in [1.29, 1.82) is 0 Å². The first-order valence-electron chi connectivity index (χ1n) is 6.20. The molecule has 0 aromatic heterocycles. The highest BCUT2D eigenvalue weighted by Crippen LogP contribution is 2.13. The third kappa shape index (κ3) is 4.98. The molecule has 0 radical (unpaired) electrons. The molecule has 2 aromatic carbocycles. The Morgan fingerprint density at radius 3 is 2.50 bits per heavy atom. The molecule has 0 aliphatic rings. The molecule has 0 fully saturated rings. The van der Waals surface area contributed by atoms with Crippen molar-refractivity contribution in [3.05, 3.63) is 63.6 Å². The highest BCUT2D eigenvalue weighted by atomic mass is 79.9. The second-order valence-corrected chi connectivity index (χ2v) is 5.57. The first kappa shape index (κ1) is 16.2. The Kier molecular flexibility index (Phi) is 5.68. The van der Waals surface area contributed by atoms with Crippen LogP contribution in [-0.4, -0.2) is 18.0 Å². The van der Waals surface area contributed by atoms with Gasteiger partial charge in [0, 0.05) is 15.2 Å². The molecule has 0 spiro atoms. The van der Waals surface area contributed by atoms with E-state index in [2.05, 4.69) is 31.8 Å². The number of carbonyl (C=O) groups excluding carboxylic acids is 2. The lowest BCUT2D eigenvalue weighted by Gasteiger charge is -2.03. The van der Waals surface area contributed by atoms with Crippen LogP contribution in [0.5, 0.6) is 0 Å². The van der Waals surface area contributed by atoms with E-state index in [0.29, 0.717) is 10.7 Å². The predicted molar refractivity (Wildman–Crippen MR) is 90.0 cm³/mol. The summed E-state index contributed by atoms with van der Waals surface area (Å²) in [6.07, 6.45) is 1.44. The van der Waals surface area contributed by atoms with Crippen LogP contribution in [0.3, 0.4) is 0 Å². The van der Waals surface area contributed by atoms with Crippen molar-refractivity contribution in [1.82, 2.24) is 5.43 Å². The van der Waals surface area contributed by atoms with E-state index in [1.54, 1.807) is 24.3 Å². The lowest BCUT2D eigenvalue weighted by Crippen LogP contribution is -2.32. The van der Waals surface area contributed by atoms with E-state index in [1.165, 1.54) is 6.21 Å². The number of nitrogens with zero attached hydrogens (tertiary/aromatic N) is 1. The summed E-state index contributed by atoms with van der Waals surface area (Å²) in [7, 11) is 0. The molecule has 112 valence electrons. The fourth-order valence-corrected chi connectivity index (χ4v) is 2.07. The van der Waals surface area contributed by atoms with Crippen molar-refractivity contribution in [3.63, 3.8) is 0 Å². The van der Waals surface area contributed by atoms with Crippen LogP contribution in [-0.2, 0) is 9.59 Å². The number of amides is 2. The molecular formula is C15H11BrClN3O2. The maximum Gasteiger partial charge on any atom is 0.329 e. The van der Waals surface area contributed by atoms with Gasteiger partial charge in [0.2, 0.25) is 0 Å². The van der Waals surface area contributed by atoms with Crippen molar-refractivity contribution in [3.8, 4) is 0 Å². The van der Waals surface area contributed by atoms with E-state index < -0.39 is 11.8 Å². The van der Waals surface area contributed by atoms with Crippen molar-refractivity contribution in [2.75, 3.05) is 5.32 Å². The van der Waals surface area contributed by atoms with Crippen LogP contribution in [0.25, 0.3) is 0 Å². The SMILES string of the molecule is O=C(N/N=C\c1cccc(Br)c1)C(=O)Nc1ccc(Cl)cc1. The van der Waals surface area contributed by atoms with Gasteiger partial charge in [0.15, 0.2) is 0 Å². The van der Waals surface area contributed by atoms with Gasteiger partial charge in [0.25, 0.3) is 0 Å². The maximum absolute atomic E-state index is 11.7. The van der Waals surface area contributed by atoms with E-state index in [0.717, 1.165) is 10.0 Å². The van der Waals surface area contributed by atoms with Gasteiger partial charge in [-0.15, -0.1) is 0 Å². The van der Waals surface area contributed by atoms with E-state index in [-0.39, 0.29) is 0 Å². The highest BCUT2D eigenvalue weighted by molar-refractivity contribution is 9.10. The van der Waals surface area contributed by atoms with Crippen LogP contribution in [0.15, 0.2) is 58.1 Å². The van der Waals surface area contributed by atoms with Crippen molar-refractivity contribution in [2.45, 2.75) is 0 Å². The molecule has 0 atom stereocenters. The summed E-state index contributed by atoms with van der Waals surface area (Å²) in [4.78, 5) is 23.3. The van der Waals surface area contributed by atoms with Crippen LogP contribution in [0, 0.1) is 0 Å². The standard InChI is InChI=1S/C15H11BrClN3O2/c16-11-3-1-2-10(8-11)9-18-20-15(22)14(21)19-13-6-4-12(17)5-7-13/h1-9H,(H,19,21)(H,20,22)/b18-9-. The second kappa shape index (κ2) is 7.72. The van der Waals surface area contributed by atoms with Gasteiger partial charge in [-0.2, -0.15) is 5.10 Å². The van der Waals surface area contributed by atoms with Crippen LogP contribution in [0.4, 0.5) is 5.69 Å². The van der Waals surface area contributed by atoms with Gasteiger partial charge in [0.05, 0.1) is 6.21 Å². The van der Waals surface area contributed by atoms with E-state index in [1.807, 2.05) is 24.3 Å². The minimum atomic E-state index is -0.860. The lowest BCUT2D eigenvalue weighted by molar-refractivity contribution is -0.136. The molecule has 2 aromatic rings. The molecule has 0 bridgehead atoms. The molecule has 0 heterocycles. The number of halogens is 2. The fraction of sp³-hybridized carbons (Fsp3) is 0. The average Bonchev–Trinajstić information content (AvgIpc) is 2.49. The molecule has 5 nitrogen and oxygen atoms in total. The fourth-order valence-electron chi connectivity index (χ4n) is 1.52. The first-order chi connectivity index (χ1) is 10.5. The van der Waals surface area contributed by atoms with Crippen molar-refractivity contribution >= 4 is 51.2 Å². The monoisotopic (exact) mass is 379 g/mol. The van der Waals surface area contributed by atoms with Crippen molar-refractivity contribution < 1.29 is 9.59 Å². The third-order valence-corrected chi connectivity index (χ3v) is 3.28. The van der Waals surface area contributed by atoms with Gasteiger partial charge in [-0.1, -0.05) is 39.7 Å². The summed E-state index contributed by atoms with van der Waals surface area (Å²) in [6.45, 7) is 0. The summed E-state index contributed by atoms with van der Waals surface area (Å²) in [5.74, 6) is -1.67. The molecule has 2 N–H and O–H groups in total. The molecule has 0 saturated carbocycles. The van der Waals surface area contributed by atoms with Gasteiger partial charge in [0.1, 0.15) is 0 Å². The molecule has 2 rings (SSSR count). The number of hydrogen-bond donors (Lipinski definition) is 2. The number of benzene rings is 2. The zero-order chi connectivity index (χ0) is 15.9. The summed E-state index contributed by atoms with van der Waals surface area (Å²) in [5.41, 5.74) is 3.42. The number of carbonyl (C=O) groups is 2. The molecule has 0 saturated heterocycles. The number of anilines is 1. The summed E-state index contributed by atoms with van der Waals surface area (Å²) < 4.78 is 0.892. The Bertz CT molecular complexity index is 717. The van der Waals surface area contributed by atoms with Gasteiger partial charge in [-0.25, -0.2) is 5.43 Å². The lowest BCUT2D eigenvalue weighted by atomic mass is 10.2. The molecule has 0 unspecified atom stereocenters. The molecule has 7 heteroatoms. The number of hydrazone groups is 1. The Morgan fingerprint density at radius 2 is 1.82 bits per heavy atom. The minimum Gasteiger partial charge on any atom is -0.318 e. The molecular weight excluding hydrogens is 370 g/mol. The normalized spacial score (nSPS) is 10.5. The molecule has 0 aliphatic carbocycles. The largest absolute Gasteiger partial charge is 0.329 e. The molecule has 0 aliphatic heterocycles. The average molecular weight is 381 g/mol. The van der Waals surface area contributed by atoms with Crippen molar-refractivity contribution in [2.24, 2.45) is 5.10 Å². The summed E-state index contributed by atoms with van der Waals surface area (Å²) in [6, 6.07) is 13.8. The molecule has 22 heavy (non-hydrogen) atoms. The first-order valence-corrected chi connectivity index (χ1v) is 7.37. The summed E-state index contributed by atoms with van der Waals surface area (Å²) in [5, 5.41) is 6.71. The quantitative estimate of drug-likeness (QED) is 0.488. The van der Waals surface area contributed by atoms with Crippen LogP contribution in [0.2, 0.25) is 5.02 Å². The smallest absolute Gasteiger partial charge is 0.318 e. The van der Waals surface area contributed by atoms with E-state index >= 15 is 0 Å². The minimum absolute atomic E-state index is 0.473. The maximum atomic E-state index is 11.7. The zero-order valence-corrected chi connectivity index (χ0v) is 13.6. The zero-order valence-electron chi connectivity index (χ0n) is 11.2. The third-order valence-electron chi connectivity index (χ3n) is 2.54. The second-order valence-electron chi connectivity index (χ2n) is 4.22. The van der Waals surface area contributed by atoms with Gasteiger partial charge < -0.3 is 5.32 Å². The van der Waals surface area contributed by atoms with E-state index in [4.69, 9.17) is 11.6 Å². The van der Waals surface area contributed by atoms with Gasteiger partial charge in [-0.05, 0) is 42.0 Å². The van der Waals surface area contributed by atoms with Gasteiger partial charge >= 0.3 is 11.8 Å². The summed E-state index contributed by atoms with van der Waals surface area (Å²) >= 11 is 9.06. The highest BCUT2D eigenvalue weighted by Gasteiger charge is 2.12. The van der Waals surface area contributed by atoms with Gasteiger partial charge in [-0.3, -0.25) is 9.59 Å². The molecule has 2 amide bonds. The van der Waals surface area contributed by atoms with Crippen LogP contribution >= 0.6 is 27.5 Å². The Morgan fingerprint density at radius 1 is 1.09 bits per heavy atom. The predicted octanol–water partition coefficient (Wildman–Crippen LogP) is 3.19. The van der Waals surface area contributed by atoms with Crippen LogP contribution in [0.1, 0.15) is 5.56 Å². The number of nitrogens with one attached hydrogen (secondary N) is 2. The Balaban J connectivity index is 1.89.